The summed E-state index contributed by atoms with van der Waals surface area (Å²) in [7, 11) is 0. The highest BCUT2D eigenvalue weighted by Crippen LogP contribution is 2.38. The number of carbonyl (C=O) groups is 1. The quantitative estimate of drug-likeness (QED) is 0.862. The van der Waals surface area contributed by atoms with E-state index < -0.39 is 11.4 Å². The smallest absolute Gasteiger partial charge is 0.309 e. The van der Waals surface area contributed by atoms with Crippen LogP contribution in [0.15, 0.2) is 22.7 Å². The van der Waals surface area contributed by atoms with E-state index in [1.807, 2.05) is 19.1 Å². The third-order valence-corrected chi connectivity index (χ3v) is 5.09. The second-order valence-electron chi connectivity index (χ2n) is 6.03. The molecular formula is C16H22BrNO3. The molecule has 1 fully saturated rings. The normalized spacial score (nSPS) is 20.1. The molecule has 0 spiro atoms. The minimum atomic E-state index is -0.708. The lowest BCUT2D eigenvalue weighted by atomic mass is 9.79. The Labute approximate surface area is 133 Å². The number of phenols is 1. The van der Waals surface area contributed by atoms with Crippen molar-refractivity contribution in [3.05, 3.63) is 28.2 Å². The van der Waals surface area contributed by atoms with Crippen LogP contribution < -0.4 is 0 Å². The fourth-order valence-electron chi connectivity index (χ4n) is 3.01. The maximum atomic E-state index is 11.3. The predicted octanol–water partition coefficient (Wildman–Crippen LogP) is 3.79. The van der Waals surface area contributed by atoms with E-state index in [4.69, 9.17) is 0 Å². The maximum absolute atomic E-state index is 11.3. The summed E-state index contributed by atoms with van der Waals surface area (Å²) in [5.41, 5.74) is 0.291. The summed E-state index contributed by atoms with van der Waals surface area (Å²) in [5.74, 6) is -0.405. The molecule has 0 radical (unpaired) electrons. The molecule has 1 aliphatic rings. The van der Waals surface area contributed by atoms with Crippen LogP contribution in [-0.2, 0) is 4.79 Å². The molecule has 1 saturated heterocycles. The van der Waals surface area contributed by atoms with Crippen molar-refractivity contribution in [1.29, 1.82) is 0 Å². The molecule has 1 heterocycles. The summed E-state index contributed by atoms with van der Waals surface area (Å²) < 4.78 is 0.945. The lowest BCUT2D eigenvalue weighted by Gasteiger charge is -2.40. The number of aliphatic carboxylic acids is 1. The van der Waals surface area contributed by atoms with Gasteiger partial charge < -0.3 is 10.2 Å². The largest absolute Gasteiger partial charge is 0.508 e. The van der Waals surface area contributed by atoms with Crippen molar-refractivity contribution in [2.75, 3.05) is 13.1 Å². The summed E-state index contributed by atoms with van der Waals surface area (Å²) in [5, 5.41) is 19.4. The van der Waals surface area contributed by atoms with E-state index in [9.17, 15) is 15.0 Å². The molecule has 1 atom stereocenters. The van der Waals surface area contributed by atoms with E-state index in [2.05, 4.69) is 27.8 Å². The SMILES string of the molecule is CCC(c1cc(Br)ccc1O)N1CCC(C)(C(=O)O)CC1. The van der Waals surface area contributed by atoms with Gasteiger partial charge in [-0.2, -0.15) is 0 Å². The van der Waals surface area contributed by atoms with Crippen molar-refractivity contribution in [3.8, 4) is 5.75 Å². The van der Waals surface area contributed by atoms with Crippen molar-refractivity contribution in [2.45, 2.75) is 39.2 Å². The van der Waals surface area contributed by atoms with Gasteiger partial charge in [0.25, 0.3) is 0 Å². The van der Waals surface area contributed by atoms with E-state index in [-0.39, 0.29) is 6.04 Å². The molecule has 1 aliphatic heterocycles. The highest BCUT2D eigenvalue weighted by molar-refractivity contribution is 9.10. The number of carboxylic acids is 1. The molecule has 0 amide bonds. The summed E-state index contributed by atoms with van der Waals surface area (Å²) in [6.45, 7) is 5.40. The van der Waals surface area contributed by atoms with Gasteiger partial charge in [-0.05, 0) is 57.5 Å². The van der Waals surface area contributed by atoms with Crippen LogP contribution in [0, 0.1) is 5.41 Å². The number of likely N-dealkylation sites (tertiary alicyclic amines) is 1. The van der Waals surface area contributed by atoms with Crippen LogP contribution in [-0.4, -0.2) is 34.2 Å². The Balaban J connectivity index is 2.17. The number of carboxylic acid groups (broad SMARTS) is 1. The van der Waals surface area contributed by atoms with Gasteiger partial charge in [0.15, 0.2) is 0 Å². The van der Waals surface area contributed by atoms with Gasteiger partial charge in [0, 0.05) is 16.1 Å². The third-order valence-electron chi connectivity index (χ3n) is 4.59. The molecule has 0 saturated carbocycles. The standard InChI is InChI=1S/C16H22BrNO3/c1-3-13(12-10-11(17)4-5-14(12)19)18-8-6-16(2,7-9-18)15(20)21/h4-5,10,13,19H,3,6-9H2,1-2H3,(H,20,21). The van der Waals surface area contributed by atoms with Crippen LogP contribution in [0.4, 0.5) is 0 Å². The number of phenolic OH excluding ortho intramolecular Hbond substituents is 1. The molecule has 5 heteroatoms. The van der Waals surface area contributed by atoms with Gasteiger partial charge in [-0.15, -0.1) is 0 Å². The van der Waals surface area contributed by atoms with Gasteiger partial charge in [-0.1, -0.05) is 22.9 Å². The van der Waals surface area contributed by atoms with Crippen LogP contribution in [0.1, 0.15) is 44.7 Å². The Morgan fingerprint density at radius 3 is 2.57 bits per heavy atom. The molecule has 2 rings (SSSR count). The lowest BCUT2D eigenvalue weighted by molar-refractivity contribution is -0.151. The molecule has 116 valence electrons. The summed E-state index contributed by atoms with van der Waals surface area (Å²) >= 11 is 3.45. The Morgan fingerprint density at radius 2 is 2.05 bits per heavy atom. The average molecular weight is 356 g/mol. The monoisotopic (exact) mass is 355 g/mol. The fraction of sp³-hybridized carbons (Fsp3) is 0.562. The molecule has 1 aromatic carbocycles. The first-order chi connectivity index (χ1) is 9.87. The number of halogens is 1. The highest BCUT2D eigenvalue weighted by atomic mass is 79.9. The van der Waals surface area contributed by atoms with Crippen LogP contribution in [0.5, 0.6) is 5.75 Å². The zero-order valence-corrected chi connectivity index (χ0v) is 14.1. The Hall–Kier alpha value is -1.07. The predicted molar refractivity (Wildman–Crippen MR) is 85.4 cm³/mol. The maximum Gasteiger partial charge on any atom is 0.309 e. The number of piperidine rings is 1. The zero-order chi connectivity index (χ0) is 15.6. The highest BCUT2D eigenvalue weighted by Gasteiger charge is 2.38. The second kappa shape index (κ2) is 6.36. The van der Waals surface area contributed by atoms with Crippen LogP contribution >= 0.6 is 15.9 Å². The molecule has 0 aromatic heterocycles. The third kappa shape index (κ3) is 3.40. The minimum Gasteiger partial charge on any atom is -0.508 e. The van der Waals surface area contributed by atoms with E-state index in [0.717, 1.165) is 29.5 Å². The summed E-state index contributed by atoms with van der Waals surface area (Å²) in [4.78, 5) is 13.6. The summed E-state index contributed by atoms with van der Waals surface area (Å²) in [6.07, 6.45) is 2.18. The van der Waals surface area contributed by atoms with Gasteiger partial charge in [0.05, 0.1) is 5.41 Å². The fourth-order valence-corrected chi connectivity index (χ4v) is 3.39. The molecule has 21 heavy (non-hydrogen) atoms. The first-order valence-corrected chi connectivity index (χ1v) is 8.12. The van der Waals surface area contributed by atoms with E-state index in [0.29, 0.717) is 18.6 Å². The van der Waals surface area contributed by atoms with E-state index >= 15 is 0 Å². The van der Waals surface area contributed by atoms with Gasteiger partial charge >= 0.3 is 5.97 Å². The van der Waals surface area contributed by atoms with Gasteiger partial charge in [0.1, 0.15) is 5.75 Å². The van der Waals surface area contributed by atoms with Crippen molar-refractivity contribution < 1.29 is 15.0 Å². The molecule has 4 nitrogen and oxygen atoms in total. The van der Waals surface area contributed by atoms with Gasteiger partial charge in [-0.3, -0.25) is 9.69 Å². The zero-order valence-electron chi connectivity index (χ0n) is 12.5. The molecular weight excluding hydrogens is 334 g/mol. The number of aromatic hydroxyl groups is 1. The number of hydrogen-bond donors (Lipinski definition) is 2. The first-order valence-electron chi connectivity index (χ1n) is 7.33. The number of rotatable bonds is 4. The van der Waals surface area contributed by atoms with E-state index in [1.54, 1.807) is 6.07 Å². The first kappa shape index (κ1) is 16.3. The molecule has 1 unspecified atom stereocenters. The average Bonchev–Trinajstić information content (AvgIpc) is 2.45. The Bertz CT molecular complexity index is 524. The number of hydrogen-bond acceptors (Lipinski definition) is 3. The molecule has 0 aliphatic carbocycles. The lowest BCUT2D eigenvalue weighted by Crippen LogP contribution is -2.44. The number of benzene rings is 1. The number of nitrogens with zero attached hydrogens (tertiary/aromatic N) is 1. The minimum absolute atomic E-state index is 0.126. The van der Waals surface area contributed by atoms with Crippen molar-refractivity contribution in [3.63, 3.8) is 0 Å². The van der Waals surface area contributed by atoms with Gasteiger partial charge in [-0.25, -0.2) is 0 Å². The second-order valence-corrected chi connectivity index (χ2v) is 6.94. The Morgan fingerprint density at radius 1 is 1.43 bits per heavy atom. The van der Waals surface area contributed by atoms with Crippen LogP contribution in [0.3, 0.4) is 0 Å². The molecule has 0 bridgehead atoms. The van der Waals surface area contributed by atoms with Crippen LogP contribution in [0.2, 0.25) is 0 Å². The van der Waals surface area contributed by atoms with Crippen LogP contribution in [0.25, 0.3) is 0 Å². The van der Waals surface area contributed by atoms with Crippen molar-refractivity contribution in [1.82, 2.24) is 4.90 Å². The summed E-state index contributed by atoms with van der Waals surface area (Å²) in [6, 6.07) is 5.60. The van der Waals surface area contributed by atoms with Gasteiger partial charge in [0.2, 0.25) is 0 Å². The topological polar surface area (TPSA) is 60.8 Å². The molecule has 1 aromatic rings. The molecule has 2 N–H and O–H groups in total. The van der Waals surface area contributed by atoms with E-state index in [1.165, 1.54) is 0 Å². The Kier molecular flexibility index (Phi) is 4.94. The van der Waals surface area contributed by atoms with Crippen molar-refractivity contribution >= 4 is 21.9 Å². The van der Waals surface area contributed by atoms with Crippen molar-refractivity contribution in [2.24, 2.45) is 5.41 Å².